The molecule has 1 fully saturated rings. The maximum Gasteiger partial charge on any atom is 0.268 e. The Balaban J connectivity index is 1.87. The van der Waals surface area contributed by atoms with E-state index in [0.717, 1.165) is 0 Å². The van der Waals surface area contributed by atoms with Gasteiger partial charge in [0.05, 0.1) is 24.2 Å². The molecule has 3 rings (SSSR count). The van der Waals surface area contributed by atoms with E-state index in [9.17, 15) is 15.0 Å². The second-order valence-electron chi connectivity index (χ2n) is 5.05. The van der Waals surface area contributed by atoms with E-state index in [1.165, 1.54) is 0 Å². The van der Waals surface area contributed by atoms with Crippen molar-refractivity contribution in [2.24, 2.45) is 0 Å². The average Bonchev–Trinajstić information content (AvgIpc) is 2.97. The van der Waals surface area contributed by atoms with Crippen molar-refractivity contribution in [3.63, 3.8) is 0 Å². The maximum atomic E-state index is 12.0. The molecule has 0 aromatic carbocycles. The van der Waals surface area contributed by atoms with Gasteiger partial charge >= 0.3 is 0 Å². The van der Waals surface area contributed by atoms with Crippen LogP contribution in [0, 0.1) is 0 Å². The van der Waals surface area contributed by atoms with Crippen LogP contribution in [0.25, 0.3) is 0 Å². The Bertz CT molecular complexity index is 489. The minimum atomic E-state index is -0.915. The topological polar surface area (TPSA) is 98.6 Å². The van der Waals surface area contributed by atoms with Crippen LogP contribution in [-0.2, 0) is 0 Å². The van der Waals surface area contributed by atoms with Crippen molar-refractivity contribution in [1.82, 2.24) is 20.5 Å². The van der Waals surface area contributed by atoms with Crippen molar-refractivity contribution in [1.29, 1.82) is 0 Å². The fraction of sp³-hybridized carbons (Fsp3) is 0.583. The number of amides is 1. The number of hydrogen-bond acceptors (Lipinski definition) is 5. The zero-order valence-corrected chi connectivity index (χ0v) is 10.6. The van der Waals surface area contributed by atoms with Gasteiger partial charge in [-0.05, 0) is 25.6 Å². The summed E-state index contributed by atoms with van der Waals surface area (Å²) in [6.07, 6.45) is 0.865. The van der Waals surface area contributed by atoms with E-state index < -0.39 is 12.5 Å². The highest BCUT2D eigenvalue weighted by atomic mass is 16.3. The maximum absolute atomic E-state index is 12.0. The largest absolute Gasteiger partial charge is 0.391 e. The van der Waals surface area contributed by atoms with Crippen LogP contribution >= 0.6 is 0 Å². The van der Waals surface area contributed by atoms with Gasteiger partial charge in [0.2, 0.25) is 0 Å². The fourth-order valence-corrected chi connectivity index (χ4v) is 3.07. The standard InChI is InChI=1S/C12H18N4O3/c1-13-12(19)15-10-8(17)5-7-9(10)14-11(18)6-3-2-4-16(6)7/h2-4,7-10,12-13,15,17,19H,5H2,1H3,(H,14,18). The lowest BCUT2D eigenvalue weighted by atomic mass is 10.1. The first kappa shape index (κ1) is 12.6. The van der Waals surface area contributed by atoms with Crippen molar-refractivity contribution in [2.45, 2.75) is 37.0 Å². The van der Waals surface area contributed by atoms with Crippen molar-refractivity contribution in [3.05, 3.63) is 24.0 Å². The zero-order chi connectivity index (χ0) is 13.6. The van der Waals surface area contributed by atoms with Gasteiger partial charge in [-0.25, -0.2) is 0 Å². The van der Waals surface area contributed by atoms with E-state index in [2.05, 4.69) is 16.0 Å². The molecule has 7 nitrogen and oxygen atoms in total. The molecule has 1 aliphatic heterocycles. The third-order valence-corrected chi connectivity index (χ3v) is 3.99. The van der Waals surface area contributed by atoms with Crippen LogP contribution in [-0.4, -0.2) is 52.3 Å². The third kappa shape index (κ3) is 1.95. The quantitative estimate of drug-likeness (QED) is 0.423. The van der Waals surface area contributed by atoms with E-state index >= 15 is 0 Å². The second-order valence-corrected chi connectivity index (χ2v) is 5.05. The number of aromatic nitrogens is 1. The van der Waals surface area contributed by atoms with E-state index in [4.69, 9.17) is 0 Å². The highest BCUT2D eigenvalue weighted by molar-refractivity contribution is 5.94. The van der Waals surface area contributed by atoms with Gasteiger partial charge in [0, 0.05) is 6.20 Å². The summed E-state index contributed by atoms with van der Waals surface area (Å²) in [5.41, 5.74) is 0.614. The first-order valence-corrected chi connectivity index (χ1v) is 6.39. The number of nitrogens with one attached hydrogen (secondary N) is 3. The molecule has 0 radical (unpaired) electrons. The van der Waals surface area contributed by atoms with Crippen LogP contribution < -0.4 is 16.0 Å². The third-order valence-electron chi connectivity index (χ3n) is 3.99. The Morgan fingerprint density at radius 2 is 2.37 bits per heavy atom. The number of fused-ring (bicyclic) bond motifs is 3. The van der Waals surface area contributed by atoms with Crippen LogP contribution in [0.15, 0.2) is 18.3 Å². The molecule has 5 unspecified atom stereocenters. The number of carbonyl (C=O) groups is 1. The Hall–Kier alpha value is -1.41. The number of aliphatic hydroxyl groups is 2. The number of nitrogens with zero attached hydrogens (tertiary/aromatic N) is 1. The monoisotopic (exact) mass is 266 g/mol. The molecule has 1 aromatic rings. The molecule has 1 amide bonds. The summed E-state index contributed by atoms with van der Waals surface area (Å²) < 4.78 is 1.90. The van der Waals surface area contributed by atoms with Gasteiger partial charge in [-0.1, -0.05) is 0 Å². The van der Waals surface area contributed by atoms with E-state index in [1.54, 1.807) is 13.1 Å². The Labute approximate surface area is 110 Å². The number of aliphatic hydroxyl groups excluding tert-OH is 2. The van der Waals surface area contributed by atoms with Crippen molar-refractivity contribution >= 4 is 5.91 Å². The van der Waals surface area contributed by atoms with Gasteiger partial charge in [0.1, 0.15) is 5.69 Å². The molecule has 2 aliphatic rings. The molecule has 5 N–H and O–H groups in total. The second kappa shape index (κ2) is 4.61. The first-order chi connectivity index (χ1) is 9.11. The van der Waals surface area contributed by atoms with Gasteiger partial charge < -0.3 is 20.1 Å². The average molecular weight is 266 g/mol. The van der Waals surface area contributed by atoms with Gasteiger partial charge in [-0.15, -0.1) is 0 Å². The predicted octanol–water partition coefficient (Wildman–Crippen LogP) is -1.64. The molecular formula is C12H18N4O3. The summed E-state index contributed by atoms with van der Waals surface area (Å²) in [7, 11) is 1.61. The Kier molecular flexibility index (Phi) is 3.06. The van der Waals surface area contributed by atoms with Crippen LogP contribution in [0.3, 0.4) is 0 Å². The molecule has 1 saturated carbocycles. The van der Waals surface area contributed by atoms with Gasteiger partial charge in [0.15, 0.2) is 6.35 Å². The number of hydrogen-bond donors (Lipinski definition) is 5. The number of carbonyl (C=O) groups excluding carboxylic acids is 1. The fourth-order valence-electron chi connectivity index (χ4n) is 3.07. The SMILES string of the molecule is CNC(O)NC1C(O)CC2C1NC(=O)c1cccn12. The molecule has 0 saturated heterocycles. The van der Waals surface area contributed by atoms with Crippen LogP contribution in [0.4, 0.5) is 0 Å². The molecule has 19 heavy (non-hydrogen) atoms. The zero-order valence-electron chi connectivity index (χ0n) is 10.6. The lowest BCUT2D eigenvalue weighted by Crippen LogP contribution is -2.59. The lowest BCUT2D eigenvalue weighted by molar-refractivity contribution is 0.0544. The summed E-state index contributed by atoms with van der Waals surface area (Å²) in [5.74, 6) is -0.147. The molecular weight excluding hydrogens is 248 g/mol. The van der Waals surface area contributed by atoms with Crippen LogP contribution in [0.2, 0.25) is 0 Å². The summed E-state index contributed by atoms with van der Waals surface area (Å²) in [5, 5.41) is 28.2. The minimum absolute atomic E-state index is 0.0132. The highest BCUT2D eigenvalue weighted by Gasteiger charge is 2.47. The molecule has 1 aliphatic carbocycles. The molecule has 5 atom stereocenters. The van der Waals surface area contributed by atoms with Gasteiger partial charge in [-0.2, -0.15) is 0 Å². The molecule has 0 spiro atoms. The molecule has 7 heteroatoms. The van der Waals surface area contributed by atoms with Crippen molar-refractivity contribution in [2.75, 3.05) is 7.05 Å². The molecule has 1 aromatic heterocycles. The van der Waals surface area contributed by atoms with Crippen molar-refractivity contribution < 1.29 is 15.0 Å². The van der Waals surface area contributed by atoms with Crippen LogP contribution in [0.1, 0.15) is 23.0 Å². The molecule has 104 valence electrons. The lowest BCUT2D eigenvalue weighted by Gasteiger charge is -2.33. The normalized spacial score (nSPS) is 34.6. The summed E-state index contributed by atoms with van der Waals surface area (Å²) >= 11 is 0. The summed E-state index contributed by atoms with van der Waals surface area (Å²) in [6, 6.07) is 2.99. The number of rotatable bonds is 3. The first-order valence-electron chi connectivity index (χ1n) is 6.39. The van der Waals surface area contributed by atoms with E-state index in [0.29, 0.717) is 12.1 Å². The van der Waals surface area contributed by atoms with E-state index in [-0.39, 0.29) is 24.0 Å². The van der Waals surface area contributed by atoms with Crippen molar-refractivity contribution in [3.8, 4) is 0 Å². The van der Waals surface area contributed by atoms with E-state index in [1.807, 2.05) is 16.8 Å². The molecule has 0 bridgehead atoms. The smallest absolute Gasteiger partial charge is 0.268 e. The van der Waals surface area contributed by atoms with Gasteiger partial charge in [0.25, 0.3) is 5.91 Å². The Morgan fingerprint density at radius 3 is 3.11 bits per heavy atom. The molecule has 2 heterocycles. The highest BCUT2D eigenvalue weighted by Crippen LogP contribution is 2.35. The van der Waals surface area contributed by atoms with Gasteiger partial charge in [-0.3, -0.25) is 15.4 Å². The van der Waals surface area contributed by atoms with Crippen LogP contribution in [0.5, 0.6) is 0 Å². The summed E-state index contributed by atoms with van der Waals surface area (Å²) in [4.78, 5) is 12.0. The predicted molar refractivity (Wildman–Crippen MR) is 67.3 cm³/mol. The minimum Gasteiger partial charge on any atom is -0.391 e. The summed E-state index contributed by atoms with van der Waals surface area (Å²) in [6.45, 7) is 0. The Morgan fingerprint density at radius 1 is 1.58 bits per heavy atom.